The van der Waals surface area contributed by atoms with Gasteiger partial charge in [0.25, 0.3) is 5.92 Å². The number of nitrogens with one attached hydrogen (secondary N) is 1. The highest BCUT2D eigenvalue weighted by molar-refractivity contribution is 5.68. The van der Waals surface area contributed by atoms with Crippen LogP contribution < -0.4 is 11.1 Å². The number of carbonyl (C=O) groups excluding carboxylic acids is 1. The number of ether oxygens (including phenoxy) is 1. The van der Waals surface area contributed by atoms with Crippen LogP contribution in [-0.2, 0) is 4.74 Å². The van der Waals surface area contributed by atoms with Crippen molar-refractivity contribution < 1.29 is 18.3 Å². The number of hydrogen-bond donors (Lipinski definition) is 2. The molecule has 100 valence electrons. The number of amides is 1. The average molecular weight is 250 g/mol. The van der Waals surface area contributed by atoms with E-state index in [1.165, 1.54) is 0 Å². The SMILES string of the molecule is CC(C)(C)OC(=O)NC1C(N)CCCC1(F)F. The summed E-state index contributed by atoms with van der Waals surface area (Å²) in [5, 5.41) is 2.18. The van der Waals surface area contributed by atoms with Gasteiger partial charge in [-0.15, -0.1) is 0 Å². The van der Waals surface area contributed by atoms with Crippen LogP contribution in [0, 0.1) is 0 Å². The zero-order valence-corrected chi connectivity index (χ0v) is 10.4. The molecule has 0 aromatic carbocycles. The lowest BCUT2D eigenvalue weighted by Gasteiger charge is -2.36. The molecular weight excluding hydrogens is 230 g/mol. The molecule has 2 atom stereocenters. The normalized spacial score (nSPS) is 28.6. The Labute approximate surface area is 99.9 Å². The predicted molar refractivity (Wildman–Crippen MR) is 59.9 cm³/mol. The molecule has 0 radical (unpaired) electrons. The minimum absolute atomic E-state index is 0.249. The highest BCUT2D eigenvalue weighted by atomic mass is 19.3. The van der Waals surface area contributed by atoms with Crippen molar-refractivity contribution in [1.29, 1.82) is 0 Å². The van der Waals surface area contributed by atoms with E-state index >= 15 is 0 Å². The lowest BCUT2D eigenvalue weighted by Crippen LogP contribution is -2.60. The van der Waals surface area contributed by atoms with Crippen LogP contribution in [0.3, 0.4) is 0 Å². The van der Waals surface area contributed by atoms with Gasteiger partial charge in [-0.25, -0.2) is 13.6 Å². The smallest absolute Gasteiger partial charge is 0.408 e. The van der Waals surface area contributed by atoms with Crippen LogP contribution in [0.15, 0.2) is 0 Å². The van der Waals surface area contributed by atoms with Gasteiger partial charge in [-0.3, -0.25) is 0 Å². The third-order valence-electron chi connectivity index (χ3n) is 2.60. The Morgan fingerprint density at radius 3 is 2.53 bits per heavy atom. The molecule has 17 heavy (non-hydrogen) atoms. The molecule has 1 fully saturated rings. The third-order valence-corrected chi connectivity index (χ3v) is 2.60. The van der Waals surface area contributed by atoms with Crippen LogP contribution >= 0.6 is 0 Å². The van der Waals surface area contributed by atoms with E-state index in [1.54, 1.807) is 20.8 Å². The maximum absolute atomic E-state index is 13.6. The first-order valence-corrected chi connectivity index (χ1v) is 5.75. The molecule has 2 unspecified atom stereocenters. The maximum atomic E-state index is 13.6. The van der Waals surface area contributed by atoms with Crippen LogP contribution in [0.4, 0.5) is 13.6 Å². The van der Waals surface area contributed by atoms with Crippen LogP contribution in [0.1, 0.15) is 40.0 Å². The first-order chi connectivity index (χ1) is 7.62. The number of hydrogen-bond acceptors (Lipinski definition) is 3. The summed E-state index contributed by atoms with van der Waals surface area (Å²) < 4.78 is 32.1. The first kappa shape index (κ1) is 14.2. The summed E-state index contributed by atoms with van der Waals surface area (Å²) in [5.74, 6) is -2.96. The Hall–Kier alpha value is -0.910. The second-order valence-electron chi connectivity index (χ2n) is 5.44. The van der Waals surface area contributed by atoms with Crippen molar-refractivity contribution >= 4 is 6.09 Å². The number of halogens is 2. The second-order valence-corrected chi connectivity index (χ2v) is 5.44. The van der Waals surface area contributed by atoms with Crippen molar-refractivity contribution in [1.82, 2.24) is 5.32 Å². The number of carbonyl (C=O) groups is 1. The Morgan fingerprint density at radius 1 is 1.47 bits per heavy atom. The first-order valence-electron chi connectivity index (χ1n) is 5.75. The second kappa shape index (κ2) is 4.76. The molecule has 4 nitrogen and oxygen atoms in total. The molecule has 3 N–H and O–H groups in total. The molecule has 1 amide bonds. The molecule has 0 aliphatic heterocycles. The van der Waals surface area contributed by atoms with E-state index in [0.717, 1.165) is 0 Å². The maximum Gasteiger partial charge on any atom is 0.408 e. The van der Waals surface area contributed by atoms with Gasteiger partial charge in [0.15, 0.2) is 0 Å². The van der Waals surface area contributed by atoms with Crippen molar-refractivity contribution in [2.75, 3.05) is 0 Å². The van der Waals surface area contributed by atoms with Gasteiger partial charge >= 0.3 is 6.09 Å². The zero-order chi connectivity index (χ0) is 13.3. The van der Waals surface area contributed by atoms with Crippen LogP contribution in [0.2, 0.25) is 0 Å². The van der Waals surface area contributed by atoms with Gasteiger partial charge in [0.05, 0.1) is 0 Å². The van der Waals surface area contributed by atoms with E-state index in [4.69, 9.17) is 10.5 Å². The van der Waals surface area contributed by atoms with E-state index in [1.807, 2.05) is 0 Å². The summed E-state index contributed by atoms with van der Waals surface area (Å²) in [7, 11) is 0. The monoisotopic (exact) mass is 250 g/mol. The van der Waals surface area contributed by atoms with Gasteiger partial charge in [0.2, 0.25) is 0 Å². The quantitative estimate of drug-likeness (QED) is 0.748. The fourth-order valence-corrected chi connectivity index (χ4v) is 1.86. The molecule has 1 aliphatic rings. The summed E-state index contributed by atoms with van der Waals surface area (Å²) >= 11 is 0. The highest BCUT2D eigenvalue weighted by Gasteiger charge is 2.47. The van der Waals surface area contributed by atoms with E-state index in [2.05, 4.69) is 5.32 Å². The molecule has 0 spiro atoms. The van der Waals surface area contributed by atoms with Crippen molar-refractivity contribution in [3.63, 3.8) is 0 Å². The van der Waals surface area contributed by atoms with E-state index in [-0.39, 0.29) is 6.42 Å². The van der Waals surface area contributed by atoms with Crippen LogP contribution in [-0.4, -0.2) is 29.7 Å². The van der Waals surface area contributed by atoms with Gasteiger partial charge in [-0.05, 0) is 33.6 Å². The van der Waals surface area contributed by atoms with Crippen LogP contribution in [0.25, 0.3) is 0 Å². The van der Waals surface area contributed by atoms with E-state index < -0.39 is 29.7 Å². The number of alkyl carbamates (subject to hydrolysis) is 1. The van der Waals surface area contributed by atoms with Gasteiger partial charge in [0.1, 0.15) is 11.6 Å². The summed E-state index contributed by atoms with van der Waals surface area (Å²) in [4.78, 5) is 11.4. The minimum Gasteiger partial charge on any atom is -0.444 e. The minimum atomic E-state index is -2.96. The molecule has 6 heteroatoms. The van der Waals surface area contributed by atoms with Gasteiger partial charge in [-0.2, -0.15) is 0 Å². The molecular formula is C11H20F2N2O2. The summed E-state index contributed by atoms with van der Waals surface area (Å²) in [5.41, 5.74) is 4.91. The average Bonchev–Trinajstić information content (AvgIpc) is 2.08. The number of nitrogens with two attached hydrogens (primary N) is 1. The summed E-state index contributed by atoms with van der Waals surface area (Å²) in [6.45, 7) is 5.02. The summed E-state index contributed by atoms with van der Waals surface area (Å²) in [6, 6.07) is -2.07. The van der Waals surface area contributed by atoms with Crippen LogP contribution in [0.5, 0.6) is 0 Å². The standard InChI is InChI=1S/C11H20F2N2O2/c1-10(2,3)17-9(16)15-8-7(14)5-4-6-11(8,12)13/h7-8H,4-6,14H2,1-3H3,(H,15,16). The fraction of sp³-hybridized carbons (Fsp3) is 0.909. The zero-order valence-electron chi connectivity index (χ0n) is 10.4. The Balaban J connectivity index is 2.62. The van der Waals surface area contributed by atoms with Gasteiger partial charge in [-0.1, -0.05) is 0 Å². The lowest BCUT2D eigenvalue weighted by molar-refractivity contribution is -0.0715. The third kappa shape index (κ3) is 4.11. The Kier molecular flexibility index (Phi) is 3.96. The number of rotatable bonds is 1. The molecule has 0 aromatic rings. The lowest BCUT2D eigenvalue weighted by atomic mass is 9.87. The molecule has 1 aliphatic carbocycles. The number of alkyl halides is 2. The Morgan fingerprint density at radius 2 is 2.06 bits per heavy atom. The molecule has 0 aromatic heterocycles. The molecule has 0 saturated heterocycles. The molecule has 1 saturated carbocycles. The van der Waals surface area contributed by atoms with Crippen molar-refractivity contribution in [3.05, 3.63) is 0 Å². The van der Waals surface area contributed by atoms with Gasteiger partial charge in [0, 0.05) is 12.5 Å². The van der Waals surface area contributed by atoms with Crippen molar-refractivity contribution in [2.45, 2.75) is 63.6 Å². The molecule has 0 bridgehead atoms. The molecule has 1 rings (SSSR count). The largest absolute Gasteiger partial charge is 0.444 e. The predicted octanol–water partition coefficient (Wildman–Crippen LogP) is 2.03. The van der Waals surface area contributed by atoms with E-state index in [0.29, 0.717) is 12.8 Å². The fourth-order valence-electron chi connectivity index (χ4n) is 1.86. The molecule has 0 heterocycles. The van der Waals surface area contributed by atoms with E-state index in [9.17, 15) is 13.6 Å². The van der Waals surface area contributed by atoms with Gasteiger partial charge < -0.3 is 15.8 Å². The Bertz CT molecular complexity index is 290. The highest BCUT2D eigenvalue weighted by Crippen LogP contribution is 2.33. The van der Waals surface area contributed by atoms with Crippen molar-refractivity contribution in [3.8, 4) is 0 Å². The van der Waals surface area contributed by atoms with Crippen molar-refractivity contribution in [2.24, 2.45) is 5.73 Å². The summed E-state index contributed by atoms with van der Waals surface area (Å²) in [6.07, 6.45) is -0.239. The topological polar surface area (TPSA) is 64.3 Å².